The molecule has 0 aliphatic carbocycles. The van der Waals surface area contributed by atoms with Crippen molar-refractivity contribution >= 4 is 81.7 Å². The largest absolute Gasteiger partial charge is 0.480 e. The predicted molar refractivity (Wildman–Crippen MR) is 170 cm³/mol. The minimum atomic E-state index is -1.44. The summed E-state index contributed by atoms with van der Waals surface area (Å²) in [5.41, 5.74) is -0.390. The van der Waals surface area contributed by atoms with E-state index in [-0.39, 0.29) is 32.3 Å². The van der Waals surface area contributed by atoms with Gasteiger partial charge in [0.15, 0.2) is 0 Å². The first-order valence-electron chi connectivity index (χ1n) is 13.4. The van der Waals surface area contributed by atoms with Gasteiger partial charge < -0.3 is 20.3 Å². The van der Waals surface area contributed by atoms with Gasteiger partial charge in [0.25, 0.3) is 5.91 Å². The number of anilines is 1. The van der Waals surface area contributed by atoms with E-state index in [1.807, 2.05) is 18.4 Å². The number of thioether (sulfide) groups is 1. The zero-order chi connectivity index (χ0) is 30.8. The Hall–Kier alpha value is -1.68. The topological polar surface area (TPSA) is 113 Å². The zero-order valence-electron chi connectivity index (χ0n) is 23.2. The van der Waals surface area contributed by atoms with E-state index in [0.29, 0.717) is 12.3 Å². The summed E-state index contributed by atoms with van der Waals surface area (Å²) in [5.74, 6) is -3.07. The number of benzene rings is 2. The maximum atomic E-state index is 12.5. The van der Waals surface area contributed by atoms with Crippen LogP contribution >= 0.6 is 58.2 Å². The molecular formula is C29H37Cl4NO6S. The lowest BCUT2D eigenvalue weighted by molar-refractivity contribution is -0.142. The van der Waals surface area contributed by atoms with E-state index in [1.54, 1.807) is 23.9 Å². The number of carbonyl (C=O) groups excluding carboxylic acids is 1. The molecule has 41 heavy (non-hydrogen) atoms. The standard InChI is InChI=1S/C15H9Cl4NO3S.C14H28O3/c1-24-7-4-2-6(3-5-7)20-14(21)8-9(15(22)23)11(17)13(19)12(18)10(8)16;1-2-3-4-5-6-7-8-9-10-11-12-17-13-14(15)16/h2-5H,1H3,(H,20,21)(H,22,23);2-13H2,1H3,(H,15,16). The van der Waals surface area contributed by atoms with Crippen LogP contribution in [-0.2, 0) is 9.53 Å². The summed E-state index contributed by atoms with van der Waals surface area (Å²) in [6, 6.07) is 6.97. The number of hydrogen-bond acceptors (Lipinski definition) is 5. The first-order valence-corrected chi connectivity index (χ1v) is 16.1. The highest BCUT2D eigenvalue weighted by molar-refractivity contribution is 7.98. The maximum Gasteiger partial charge on any atom is 0.338 e. The van der Waals surface area contributed by atoms with Crippen molar-refractivity contribution in [2.45, 2.75) is 76.0 Å². The van der Waals surface area contributed by atoms with Crippen LogP contribution in [0.3, 0.4) is 0 Å². The summed E-state index contributed by atoms with van der Waals surface area (Å²) in [5, 5.41) is 19.2. The van der Waals surface area contributed by atoms with Crippen molar-refractivity contribution < 1.29 is 29.3 Å². The average Bonchev–Trinajstić information content (AvgIpc) is 2.94. The van der Waals surface area contributed by atoms with Gasteiger partial charge in [-0.15, -0.1) is 11.8 Å². The van der Waals surface area contributed by atoms with Crippen LogP contribution in [0.1, 0.15) is 91.8 Å². The summed E-state index contributed by atoms with van der Waals surface area (Å²) < 4.78 is 4.97. The van der Waals surface area contributed by atoms with Gasteiger partial charge >= 0.3 is 11.9 Å². The molecule has 2 rings (SSSR count). The summed E-state index contributed by atoms with van der Waals surface area (Å²) in [6.07, 6.45) is 14.8. The van der Waals surface area contributed by atoms with Gasteiger partial charge in [-0.3, -0.25) is 4.79 Å². The Bertz CT molecular complexity index is 1130. The maximum absolute atomic E-state index is 12.5. The average molecular weight is 669 g/mol. The van der Waals surface area contributed by atoms with Crippen molar-refractivity contribution in [3.8, 4) is 0 Å². The molecule has 0 radical (unpaired) electrons. The Morgan fingerprint density at radius 3 is 1.71 bits per heavy atom. The summed E-state index contributed by atoms with van der Waals surface area (Å²) in [7, 11) is 0. The van der Waals surface area contributed by atoms with Gasteiger partial charge in [0, 0.05) is 17.2 Å². The number of ether oxygens (including phenoxy) is 1. The van der Waals surface area contributed by atoms with Gasteiger partial charge in [-0.1, -0.05) is 111 Å². The van der Waals surface area contributed by atoms with Crippen LogP contribution in [0.4, 0.5) is 5.69 Å². The SMILES string of the molecule is CCCCCCCCCCCCOCC(=O)O.CSc1ccc(NC(=O)c2c(Cl)c(Cl)c(Cl)c(Cl)c2C(=O)O)cc1. The van der Waals surface area contributed by atoms with Crippen LogP contribution in [-0.4, -0.2) is 47.5 Å². The lowest BCUT2D eigenvalue weighted by atomic mass is 10.1. The fourth-order valence-corrected chi connectivity index (χ4v) is 5.19. The molecule has 0 aliphatic heterocycles. The van der Waals surface area contributed by atoms with Crippen molar-refractivity contribution in [2.75, 3.05) is 24.8 Å². The van der Waals surface area contributed by atoms with Crippen LogP contribution in [0.2, 0.25) is 20.1 Å². The van der Waals surface area contributed by atoms with E-state index in [1.165, 1.54) is 51.4 Å². The normalized spacial score (nSPS) is 10.6. The molecule has 2 aromatic rings. The van der Waals surface area contributed by atoms with Crippen LogP contribution < -0.4 is 5.32 Å². The Kier molecular flexibility index (Phi) is 19.2. The number of hydrogen-bond donors (Lipinski definition) is 3. The Morgan fingerprint density at radius 1 is 0.756 bits per heavy atom. The number of nitrogens with one attached hydrogen (secondary N) is 1. The molecule has 12 heteroatoms. The minimum absolute atomic E-state index is 0.155. The van der Waals surface area contributed by atoms with Gasteiger partial charge in [0.05, 0.1) is 31.2 Å². The lowest BCUT2D eigenvalue weighted by Crippen LogP contribution is -2.18. The fraction of sp³-hybridized carbons (Fsp3) is 0.483. The second-order valence-corrected chi connectivity index (χ2v) is 11.5. The van der Waals surface area contributed by atoms with Crippen LogP contribution in [0.5, 0.6) is 0 Å². The number of carboxylic acids is 2. The molecule has 1 amide bonds. The molecular weight excluding hydrogens is 632 g/mol. The third-order valence-electron chi connectivity index (χ3n) is 5.92. The zero-order valence-corrected chi connectivity index (χ0v) is 27.1. The van der Waals surface area contributed by atoms with Crippen LogP contribution in [0.25, 0.3) is 0 Å². The first-order chi connectivity index (χ1) is 19.5. The molecule has 0 spiro atoms. The third-order valence-corrected chi connectivity index (χ3v) is 8.47. The minimum Gasteiger partial charge on any atom is -0.480 e. The second-order valence-electron chi connectivity index (χ2n) is 9.12. The molecule has 0 bridgehead atoms. The molecule has 3 N–H and O–H groups in total. The summed E-state index contributed by atoms with van der Waals surface area (Å²) in [4.78, 5) is 35.1. The highest BCUT2D eigenvalue weighted by atomic mass is 35.5. The number of carboxylic acid groups (broad SMARTS) is 2. The number of rotatable bonds is 17. The number of carbonyl (C=O) groups is 3. The van der Waals surface area contributed by atoms with Crippen LogP contribution in [0, 0.1) is 0 Å². The highest BCUT2D eigenvalue weighted by Gasteiger charge is 2.28. The molecule has 2 aromatic carbocycles. The number of aliphatic carboxylic acids is 1. The van der Waals surface area contributed by atoms with E-state index in [0.717, 1.165) is 17.7 Å². The van der Waals surface area contributed by atoms with E-state index >= 15 is 0 Å². The van der Waals surface area contributed by atoms with Gasteiger partial charge in [-0.25, -0.2) is 9.59 Å². The first kappa shape index (κ1) is 37.3. The van der Waals surface area contributed by atoms with Crippen LogP contribution in [0.15, 0.2) is 29.2 Å². The van der Waals surface area contributed by atoms with Crippen molar-refractivity contribution in [2.24, 2.45) is 0 Å². The molecule has 0 unspecified atom stereocenters. The number of unbranched alkanes of at least 4 members (excludes halogenated alkanes) is 9. The van der Waals surface area contributed by atoms with Gasteiger partial charge in [-0.05, 0) is 36.9 Å². The predicted octanol–water partition coefficient (Wildman–Crippen LogP) is 9.98. The van der Waals surface area contributed by atoms with E-state index in [2.05, 4.69) is 12.2 Å². The molecule has 0 atom stereocenters. The van der Waals surface area contributed by atoms with Crippen molar-refractivity contribution in [1.82, 2.24) is 0 Å². The molecule has 0 aromatic heterocycles. The molecule has 0 aliphatic rings. The molecule has 0 saturated carbocycles. The monoisotopic (exact) mass is 667 g/mol. The number of halogens is 4. The Labute approximate surface area is 266 Å². The molecule has 0 fully saturated rings. The molecule has 0 heterocycles. The summed E-state index contributed by atoms with van der Waals surface area (Å²) in [6.45, 7) is 2.67. The Morgan fingerprint density at radius 2 is 1.24 bits per heavy atom. The van der Waals surface area contributed by atoms with E-state index in [4.69, 9.17) is 56.2 Å². The second kappa shape index (κ2) is 21.1. The van der Waals surface area contributed by atoms with Crippen molar-refractivity contribution in [3.05, 3.63) is 55.5 Å². The summed E-state index contributed by atoms with van der Waals surface area (Å²) >= 11 is 25.3. The van der Waals surface area contributed by atoms with E-state index in [9.17, 15) is 19.5 Å². The Balaban J connectivity index is 0.000000438. The number of aromatic carboxylic acids is 1. The molecule has 0 saturated heterocycles. The fourth-order valence-electron chi connectivity index (χ4n) is 3.76. The molecule has 228 valence electrons. The highest BCUT2D eigenvalue weighted by Crippen LogP contribution is 2.41. The molecule has 7 nitrogen and oxygen atoms in total. The van der Waals surface area contributed by atoms with Gasteiger partial charge in [0.1, 0.15) is 6.61 Å². The lowest BCUT2D eigenvalue weighted by Gasteiger charge is -2.14. The third kappa shape index (κ3) is 13.9. The van der Waals surface area contributed by atoms with Gasteiger partial charge in [0.2, 0.25) is 0 Å². The van der Waals surface area contributed by atoms with Crippen molar-refractivity contribution in [3.63, 3.8) is 0 Å². The van der Waals surface area contributed by atoms with Crippen molar-refractivity contribution in [1.29, 1.82) is 0 Å². The quantitative estimate of drug-likeness (QED) is 0.0665. The van der Waals surface area contributed by atoms with Gasteiger partial charge in [-0.2, -0.15) is 0 Å². The number of amides is 1. The smallest absolute Gasteiger partial charge is 0.338 e. The van der Waals surface area contributed by atoms with E-state index < -0.39 is 23.4 Å².